The molecule has 2 aromatic carbocycles. The van der Waals surface area contributed by atoms with Gasteiger partial charge in [-0.2, -0.15) is 0 Å². The molecule has 0 aromatic heterocycles. The monoisotopic (exact) mass is 308 g/mol. The van der Waals surface area contributed by atoms with Gasteiger partial charge in [-0.05, 0) is 38.8 Å². The van der Waals surface area contributed by atoms with Gasteiger partial charge in [0.1, 0.15) is 10.8 Å². The van der Waals surface area contributed by atoms with E-state index >= 15 is 0 Å². The SMILES string of the molecule is Cc1ccc(C2(C)C(=O)OC(=O)C2(C)c2ccc(C)cc2)cc1. The molecule has 0 radical (unpaired) electrons. The summed E-state index contributed by atoms with van der Waals surface area (Å²) in [4.78, 5) is 25.2. The quantitative estimate of drug-likeness (QED) is 0.629. The van der Waals surface area contributed by atoms with Crippen LogP contribution in [0.15, 0.2) is 48.5 Å². The normalized spacial score (nSPS) is 27.1. The third-order valence-electron chi connectivity index (χ3n) is 5.26. The summed E-state index contributed by atoms with van der Waals surface area (Å²) >= 11 is 0. The molecular formula is C20H20O3. The standard InChI is InChI=1S/C20H20O3/c1-13-5-9-15(10-6-13)19(3)17(21)23-18(22)20(19,4)16-11-7-14(2)8-12-16/h5-12H,1-4H3. The molecule has 118 valence electrons. The van der Waals surface area contributed by atoms with E-state index in [0.29, 0.717) is 0 Å². The molecule has 0 N–H and O–H groups in total. The lowest BCUT2D eigenvalue weighted by atomic mass is 9.60. The molecule has 1 aliphatic heterocycles. The minimum absolute atomic E-state index is 0.491. The van der Waals surface area contributed by atoms with Crippen LogP contribution in [0, 0.1) is 13.8 Å². The molecule has 0 aliphatic carbocycles. The zero-order valence-corrected chi connectivity index (χ0v) is 13.8. The van der Waals surface area contributed by atoms with Crippen molar-refractivity contribution in [3.63, 3.8) is 0 Å². The van der Waals surface area contributed by atoms with Crippen LogP contribution in [-0.4, -0.2) is 11.9 Å². The molecule has 0 bridgehead atoms. The zero-order chi connectivity index (χ0) is 16.8. The Morgan fingerprint density at radius 2 is 0.957 bits per heavy atom. The van der Waals surface area contributed by atoms with Gasteiger partial charge in [-0.1, -0.05) is 59.7 Å². The highest BCUT2D eigenvalue weighted by Crippen LogP contribution is 2.50. The topological polar surface area (TPSA) is 43.4 Å². The Kier molecular flexibility index (Phi) is 3.40. The first-order valence-electron chi connectivity index (χ1n) is 7.71. The lowest BCUT2D eigenvalue weighted by Gasteiger charge is -2.35. The van der Waals surface area contributed by atoms with Gasteiger partial charge in [-0.25, -0.2) is 0 Å². The number of benzene rings is 2. The first-order valence-corrected chi connectivity index (χ1v) is 7.71. The summed E-state index contributed by atoms with van der Waals surface area (Å²) < 4.78 is 5.08. The number of carbonyl (C=O) groups is 2. The Balaban J connectivity index is 2.23. The number of esters is 2. The van der Waals surface area contributed by atoms with E-state index in [9.17, 15) is 9.59 Å². The van der Waals surface area contributed by atoms with E-state index in [-0.39, 0.29) is 0 Å². The Morgan fingerprint density at radius 1 is 0.652 bits per heavy atom. The van der Waals surface area contributed by atoms with Crippen LogP contribution in [0.2, 0.25) is 0 Å². The summed E-state index contributed by atoms with van der Waals surface area (Å²) in [5.41, 5.74) is 1.70. The van der Waals surface area contributed by atoms with E-state index in [4.69, 9.17) is 4.74 Å². The molecular weight excluding hydrogens is 288 g/mol. The number of hydrogen-bond acceptors (Lipinski definition) is 3. The summed E-state index contributed by atoms with van der Waals surface area (Å²) in [5.74, 6) is -0.983. The summed E-state index contributed by atoms with van der Waals surface area (Å²) in [5, 5.41) is 0. The lowest BCUT2D eigenvalue weighted by Crippen LogP contribution is -2.47. The van der Waals surface area contributed by atoms with Gasteiger partial charge in [0, 0.05) is 0 Å². The van der Waals surface area contributed by atoms with Crippen molar-refractivity contribution in [2.24, 2.45) is 0 Å². The van der Waals surface area contributed by atoms with Gasteiger partial charge >= 0.3 is 11.9 Å². The fourth-order valence-electron chi connectivity index (χ4n) is 3.28. The summed E-state index contributed by atoms with van der Waals surface area (Å²) in [7, 11) is 0. The van der Waals surface area contributed by atoms with Gasteiger partial charge in [-0.3, -0.25) is 9.59 Å². The molecule has 23 heavy (non-hydrogen) atoms. The molecule has 1 heterocycles. The predicted molar refractivity (Wildman–Crippen MR) is 88.2 cm³/mol. The van der Waals surface area contributed by atoms with Crippen LogP contribution in [0.4, 0.5) is 0 Å². The highest BCUT2D eigenvalue weighted by atomic mass is 16.6. The third kappa shape index (κ3) is 2.03. The molecule has 1 fully saturated rings. The molecule has 2 aromatic rings. The van der Waals surface area contributed by atoms with Gasteiger partial charge in [0.05, 0.1) is 0 Å². The Bertz CT molecular complexity index is 706. The van der Waals surface area contributed by atoms with E-state index in [1.54, 1.807) is 13.8 Å². The molecule has 1 saturated heterocycles. The number of aryl methyl sites for hydroxylation is 2. The number of rotatable bonds is 2. The van der Waals surface area contributed by atoms with Crippen LogP contribution in [0.5, 0.6) is 0 Å². The molecule has 0 spiro atoms. The molecule has 3 rings (SSSR count). The average molecular weight is 308 g/mol. The second kappa shape index (κ2) is 5.05. The minimum Gasteiger partial charge on any atom is -0.392 e. The van der Waals surface area contributed by atoms with Gasteiger partial charge in [-0.15, -0.1) is 0 Å². The van der Waals surface area contributed by atoms with Gasteiger partial charge < -0.3 is 4.74 Å². The number of cyclic esters (lactones) is 2. The van der Waals surface area contributed by atoms with Crippen LogP contribution >= 0.6 is 0 Å². The van der Waals surface area contributed by atoms with Crippen molar-refractivity contribution in [2.45, 2.75) is 38.5 Å². The fraction of sp³-hybridized carbons (Fsp3) is 0.300. The first kappa shape index (κ1) is 15.5. The van der Waals surface area contributed by atoms with Gasteiger partial charge in [0.15, 0.2) is 0 Å². The van der Waals surface area contributed by atoms with Crippen molar-refractivity contribution in [1.82, 2.24) is 0 Å². The van der Waals surface area contributed by atoms with Crippen molar-refractivity contribution in [1.29, 1.82) is 0 Å². The maximum absolute atomic E-state index is 12.6. The van der Waals surface area contributed by atoms with Gasteiger partial charge in [0.25, 0.3) is 0 Å². The fourth-order valence-corrected chi connectivity index (χ4v) is 3.28. The van der Waals surface area contributed by atoms with Gasteiger partial charge in [0.2, 0.25) is 0 Å². The largest absolute Gasteiger partial charge is 0.392 e. The van der Waals surface area contributed by atoms with Crippen LogP contribution < -0.4 is 0 Å². The Labute approximate surface area is 136 Å². The maximum Gasteiger partial charge on any atom is 0.325 e. The zero-order valence-electron chi connectivity index (χ0n) is 13.8. The average Bonchev–Trinajstić information content (AvgIpc) is 2.71. The van der Waals surface area contributed by atoms with Crippen molar-refractivity contribution < 1.29 is 14.3 Å². The molecule has 2 unspecified atom stereocenters. The van der Waals surface area contributed by atoms with Crippen molar-refractivity contribution >= 4 is 11.9 Å². The van der Waals surface area contributed by atoms with Crippen LogP contribution in [0.1, 0.15) is 36.1 Å². The van der Waals surface area contributed by atoms with Crippen molar-refractivity contribution in [3.8, 4) is 0 Å². The summed E-state index contributed by atoms with van der Waals surface area (Å²) in [6.07, 6.45) is 0. The molecule has 2 atom stereocenters. The van der Waals surface area contributed by atoms with E-state index in [2.05, 4.69) is 0 Å². The predicted octanol–water partition coefficient (Wildman–Crippen LogP) is 3.60. The Morgan fingerprint density at radius 3 is 1.26 bits per heavy atom. The third-order valence-corrected chi connectivity index (χ3v) is 5.26. The van der Waals surface area contributed by atoms with E-state index in [1.807, 2.05) is 62.4 Å². The highest BCUT2D eigenvalue weighted by molar-refractivity contribution is 6.08. The lowest BCUT2D eigenvalue weighted by molar-refractivity contribution is -0.154. The maximum atomic E-state index is 12.6. The van der Waals surface area contributed by atoms with Crippen LogP contribution in [0.25, 0.3) is 0 Å². The van der Waals surface area contributed by atoms with Crippen LogP contribution in [-0.2, 0) is 25.2 Å². The highest BCUT2D eigenvalue weighted by Gasteiger charge is 2.64. The second-order valence-corrected chi connectivity index (χ2v) is 6.66. The van der Waals surface area contributed by atoms with Crippen molar-refractivity contribution in [3.05, 3.63) is 70.8 Å². The van der Waals surface area contributed by atoms with Crippen LogP contribution in [0.3, 0.4) is 0 Å². The summed E-state index contributed by atoms with van der Waals surface area (Å²) in [6.45, 7) is 7.57. The van der Waals surface area contributed by atoms with E-state index in [1.165, 1.54) is 0 Å². The van der Waals surface area contributed by atoms with E-state index < -0.39 is 22.8 Å². The minimum atomic E-state index is -1.05. The summed E-state index contributed by atoms with van der Waals surface area (Å²) in [6, 6.07) is 15.4. The van der Waals surface area contributed by atoms with Crippen molar-refractivity contribution in [2.75, 3.05) is 0 Å². The Hall–Kier alpha value is -2.42. The molecule has 3 heteroatoms. The number of ether oxygens (including phenoxy) is 1. The number of carbonyl (C=O) groups excluding carboxylic acids is 2. The van der Waals surface area contributed by atoms with E-state index in [0.717, 1.165) is 22.3 Å². The number of hydrogen-bond donors (Lipinski definition) is 0. The molecule has 0 saturated carbocycles. The second-order valence-electron chi connectivity index (χ2n) is 6.66. The molecule has 1 aliphatic rings. The molecule has 3 nitrogen and oxygen atoms in total. The first-order chi connectivity index (χ1) is 10.8. The molecule has 0 amide bonds. The smallest absolute Gasteiger partial charge is 0.325 e.